The first-order chi connectivity index (χ1) is 51.6. The van der Waals surface area contributed by atoms with Crippen LogP contribution in [0.25, 0.3) is 154 Å². The van der Waals surface area contributed by atoms with Crippen LogP contribution in [-0.4, -0.2) is 9.13 Å². The van der Waals surface area contributed by atoms with Crippen molar-refractivity contribution in [2.45, 2.75) is 0 Å². The van der Waals surface area contributed by atoms with Crippen molar-refractivity contribution in [1.29, 1.82) is 0 Å². The van der Waals surface area contributed by atoms with Crippen molar-refractivity contribution in [2.24, 2.45) is 0 Å². The van der Waals surface area contributed by atoms with Crippen LogP contribution >= 0.6 is 0 Å². The van der Waals surface area contributed by atoms with E-state index in [1.54, 1.807) is 0 Å². The number of nitrogens with zero attached hydrogens (tertiary/aromatic N) is 4. The zero-order chi connectivity index (χ0) is 68.6. The number of anilines is 6. The third-order valence-electron chi connectivity index (χ3n) is 21.3. The highest BCUT2D eigenvalue weighted by Crippen LogP contribution is 2.46. The van der Waals surface area contributed by atoms with Gasteiger partial charge in [0, 0.05) is 55.7 Å². The number of hydrogen-bond donors (Lipinski definition) is 0. The second-order valence-electron chi connectivity index (χ2n) is 27.1. The molecule has 2 aromatic heterocycles. The molecule has 0 N–H and O–H groups in total. The molecule has 0 unspecified atom stereocenters. The van der Waals surface area contributed by atoms with Gasteiger partial charge in [0.25, 0.3) is 0 Å². The summed E-state index contributed by atoms with van der Waals surface area (Å²) in [5, 5.41) is 14.7. The molecule has 486 valence electrons. The predicted octanol–water partition coefficient (Wildman–Crippen LogP) is 27.8. The Morgan fingerprint density at radius 3 is 1.00 bits per heavy atom. The molecule has 0 amide bonds. The number of fused-ring (bicyclic) bond motifs is 10. The molecule has 0 saturated carbocycles. The lowest BCUT2D eigenvalue weighted by atomic mass is 9.94. The molecular weight excluding hydrogens is 1260 g/mol. The maximum absolute atomic E-state index is 2.44. The summed E-state index contributed by atoms with van der Waals surface area (Å²) < 4.78 is 4.87. The summed E-state index contributed by atoms with van der Waals surface area (Å²) >= 11 is 0. The lowest BCUT2D eigenvalue weighted by molar-refractivity contribution is 1.15. The molecule has 20 aromatic rings. The quantitative estimate of drug-likeness (QED) is 0.114. The average Bonchev–Trinajstić information content (AvgIpc) is 1.64. The van der Waals surface area contributed by atoms with E-state index in [1.165, 1.54) is 126 Å². The number of rotatable bonds is 13. The van der Waals surface area contributed by atoms with Crippen LogP contribution in [-0.2, 0) is 0 Å². The molecule has 0 aliphatic heterocycles. The fourth-order valence-corrected chi connectivity index (χ4v) is 16.4. The number of benzene rings is 18. The van der Waals surface area contributed by atoms with E-state index < -0.39 is 0 Å². The maximum Gasteiger partial charge on any atom is 0.0702 e. The number of aromatic nitrogens is 2. The molecule has 4 heteroatoms. The van der Waals surface area contributed by atoms with Gasteiger partial charge < -0.3 is 18.9 Å². The molecule has 0 bridgehead atoms. The summed E-state index contributed by atoms with van der Waals surface area (Å²) in [6.07, 6.45) is 0. The summed E-state index contributed by atoms with van der Waals surface area (Å²) in [5.41, 5.74) is 25.1. The van der Waals surface area contributed by atoms with Crippen LogP contribution in [0.1, 0.15) is 0 Å². The molecule has 0 fully saturated rings. The summed E-state index contributed by atoms with van der Waals surface area (Å²) in [4.78, 5) is 4.82. The highest BCUT2D eigenvalue weighted by molar-refractivity contribution is 6.12. The average molecular weight is 1320 g/mol. The second kappa shape index (κ2) is 25.1. The molecule has 2 heterocycles. The SMILES string of the molecule is c1cc(N(c2ccc(-c3cccc4ccccc34)cc2)c2ccc(-c3cccc4ccccc34)cc2)cc(-n2c3ccccc3c3cc(-c4ccc5c(-c6ccc(N(c7ccc(-c8cccc9ccccc89)cc7)c7ccccc7-n7c8ccccc8c8ccccc87)cc6)cccc5c4)ccc32)c1. The van der Waals surface area contributed by atoms with E-state index in [0.29, 0.717) is 0 Å². The van der Waals surface area contributed by atoms with Crippen molar-refractivity contribution >= 4 is 121 Å². The molecule has 0 aliphatic carbocycles. The second-order valence-corrected chi connectivity index (χ2v) is 27.1. The van der Waals surface area contributed by atoms with E-state index in [4.69, 9.17) is 0 Å². The van der Waals surface area contributed by atoms with Gasteiger partial charge in [0.1, 0.15) is 0 Å². The van der Waals surface area contributed by atoms with E-state index in [0.717, 1.165) is 62.1 Å². The Bertz CT molecular complexity index is 6530. The molecular formula is C100H66N4. The van der Waals surface area contributed by atoms with Gasteiger partial charge in [-0.2, -0.15) is 0 Å². The summed E-state index contributed by atoms with van der Waals surface area (Å²) in [6.45, 7) is 0. The normalized spacial score (nSPS) is 11.7. The summed E-state index contributed by atoms with van der Waals surface area (Å²) in [5.74, 6) is 0. The first kappa shape index (κ1) is 60.2. The summed E-state index contributed by atoms with van der Waals surface area (Å²) in [7, 11) is 0. The van der Waals surface area contributed by atoms with Crippen LogP contribution in [0.4, 0.5) is 34.1 Å². The molecule has 18 aromatic carbocycles. The van der Waals surface area contributed by atoms with Crippen LogP contribution in [0.15, 0.2) is 400 Å². The van der Waals surface area contributed by atoms with E-state index in [9.17, 15) is 0 Å². The molecule has 0 spiro atoms. The Hall–Kier alpha value is -13.8. The molecule has 0 saturated heterocycles. The number of para-hydroxylation sites is 5. The Balaban J connectivity index is 0.646. The fourth-order valence-electron chi connectivity index (χ4n) is 16.4. The van der Waals surface area contributed by atoms with Crippen molar-refractivity contribution in [3.05, 3.63) is 400 Å². The molecule has 20 rings (SSSR count). The fraction of sp³-hybridized carbons (Fsp3) is 0. The minimum Gasteiger partial charge on any atom is -0.310 e. The minimum atomic E-state index is 1.06. The van der Waals surface area contributed by atoms with Crippen molar-refractivity contribution in [3.63, 3.8) is 0 Å². The third kappa shape index (κ3) is 10.3. The van der Waals surface area contributed by atoms with E-state index in [1.807, 2.05) is 0 Å². The zero-order valence-electron chi connectivity index (χ0n) is 56.9. The number of hydrogen-bond acceptors (Lipinski definition) is 2. The van der Waals surface area contributed by atoms with Crippen LogP contribution in [0.2, 0.25) is 0 Å². The van der Waals surface area contributed by atoms with Gasteiger partial charge in [0.15, 0.2) is 0 Å². The Labute approximate surface area is 603 Å². The van der Waals surface area contributed by atoms with Gasteiger partial charge in [-0.3, -0.25) is 0 Å². The molecule has 4 nitrogen and oxygen atoms in total. The van der Waals surface area contributed by atoms with Crippen molar-refractivity contribution in [2.75, 3.05) is 9.80 Å². The monoisotopic (exact) mass is 1320 g/mol. The van der Waals surface area contributed by atoms with E-state index >= 15 is 0 Å². The minimum absolute atomic E-state index is 1.06. The standard InChI is InChI=1S/C100H66N4/c1-4-29-83-67(20-1)23-15-35-86(83)70-44-54-77(55-45-70)101(78-56-46-71(47-57-78)87-36-16-24-68-21-2-5-30-84(68)87)81-27-19-28-82(66-81)103-95-39-10-9-34-93(95)94-65-75(53-63-98(94)103)74-52-62-90-76(64-74)26-18-38-89(90)73-50-60-80(61-51-73)102(79-58-48-72(49-59-79)88-37-17-25-69-22-3-6-31-85(69)88)99-42-13-14-43-100(99)104-96-40-11-7-32-91(96)92-33-8-12-41-97(92)104/h1-66H. The zero-order valence-corrected chi connectivity index (χ0v) is 56.9. The lowest BCUT2D eigenvalue weighted by Gasteiger charge is -2.29. The summed E-state index contributed by atoms with van der Waals surface area (Å²) in [6, 6.07) is 147. The van der Waals surface area contributed by atoms with Gasteiger partial charge in [-0.05, 0) is 214 Å². The Kier molecular flexibility index (Phi) is 14.5. The molecule has 0 atom stereocenters. The molecule has 104 heavy (non-hydrogen) atoms. The maximum atomic E-state index is 2.44. The van der Waals surface area contributed by atoms with Gasteiger partial charge >= 0.3 is 0 Å². The van der Waals surface area contributed by atoms with Gasteiger partial charge in [0.2, 0.25) is 0 Å². The van der Waals surface area contributed by atoms with Crippen LogP contribution in [0, 0.1) is 0 Å². The lowest BCUT2D eigenvalue weighted by Crippen LogP contribution is -2.13. The predicted molar refractivity (Wildman–Crippen MR) is 442 cm³/mol. The van der Waals surface area contributed by atoms with Crippen LogP contribution < -0.4 is 9.80 Å². The highest BCUT2D eigenvalue weighted by Gasteiger charge is 2.23. The van der Waals surface area contributed by atoms with Gasteiger partial charge in [-0.15, -0.1) is 0 Å². The third-order valence-corrected chi connectivity index (χ3v) is 21.3. The van der Waals surface area contributed by atoms with E-state index in [-0.39, 0.29) is 0 Å². The van der Waals surface area contributed by atoms with Crippen molar-refractivity contribution in [1.82, 2.24) is 9.13 Å². The molecule has 0 aliphatic rings. The Morgan fingerprint density at radius 1 is 0.173 bits per heavy atom. The largest absolute Gasteiger partial charge is 0.310 e. The first-order valence-electron chi connectivity index (χ1n) is 35.8. The van der Waals surface area contributed by atoms with Gasteiger partial charge in [-0.25, -0.2) is 0 Å². The van der Waals surface area contributed by atoms with Crippen molar-refractivity contribution in [3.8, 4) is 67.0 Å². The topological polar surface area (TPSA) is 16.3 Å². The van der Waals surface area contributed by atoms with Crippen molar-refractivity contribution < 1.29 is 0 Å². The van der Waals surface area contributed by atoms with Crippen LogP contribution in [0.5, 0.6) is 0 Å². The van der Waals surface area contributed by atoms with Crippen LogP contribution in [0.3, 0.4) is 0 Å². The van der Waals surface area contributed by atoms with Gasteiger partial charge in [-0.1, -0.05) is 285 Å². The van der Waals surface area contributed by atoms with Gasteiger partial charge in [0.05, 0.1) is 33.4 Å². The first-order valence-corrected chi connectivity index (χ1v) is 35.8. The highest BCUT2D eigenvalue weighted by atomic mass is 15.2. The smallest absolute Gasteiger partial charge is 0.0702 e. The van der Waals surface area contributed by atoms with E-state index in [2.05, 4.69) is 419 Å². The Morgan fingerprint density at radius 2 is 0.510 bits per heavy atom. The molecule has 0 radical (unpaired) electrons.